The average Bonchev–Trinajstić information content (AvgIpc) is 3.17. The molecule has 0 amide bonds. The summed E-state index contributed by atoms with van der Waals surface area (Å²) in [5.74, 6) is 0.314. The summed E-state index contributed by atoms with van der Waals surface area (Å²) in [7, 11) is 0. The fraction of sp³-hybridized carbons (Fsp3) is 0.522. The molecule has 1 aromatic heterocycles. The lowest BCUT2D eigenvalue weighted by molar-refractivity contribution is -0.168. The number of ether oxygens (including phenoxy) is 1. The van der Waals surface area contributed by atoms with Gasteiger partial charge in [0.15, 0.2) is 0 Å². The van der Waals surface area contributed by atoms with Crippen LogP contribution in [0, 0.1) is 11.8 Å². The number of hydrogen-bond donors (Lipinski definition) is 2. The quantitative estimate of drug-likeness (QED) is 0.730. The molecule has 3 rings (SSSR count). The third kappa shape index (κ3) is 4.31. The van der Waals surface area contributed by atoms with Crippen molar-refractivity contribution in [3.05, 3.63) is 59.5 Å². The van der Waals surface area contributed by atoms with Crippen molar-refractivity contribution in [2.75, 3.05) is 0 Å². The average molecular weight is 386 g/mol. The zero-order chi connectivity index (χ0) is 20.3. The summed E-state index contributed by atoms with van der Waals surface area (Å²) in [6.45, 7) is 6.28. The first-order valence-corrected chi connectivity index (χ1v) is 9.96. The van der Waals surface area contributed by atoms with Gasteiger partial charge in [-0.1, -0.05) is 57.5 Å². The summed E-state index contributed by atoms with van der Waals surface area (Å²) in [4.78, 5) is 12.6. The van der Waals surface area contributed by atoms with Gasteiger partial charge in [0.05, 0.1) is 0 Å². The number of benzene rings is 1. The number of aliphatic hydroxyl groups is 2. The number of carbonyl (C=O) groups excluding carboxylic acids is 1. The molecule has 2 aromatic rings. The highest BCUT2D eigenvalue weighted by Crippen LogP contribution is 2.44. The summed E-state index contributed by atoms with van der Waals surface area (Å²) in [5.41, 5.74) is 1.06. The zero-order valence-electron chi connectivity index (χ0n) is 16.8. The normalized spacial score (nSPS) is 24.0. The monoisotopic (exact) mass is 386 g/mol. The van der Waals surface area contributed by atoms with Crippen molar-refractivity contribution in [3.8, 4) is 0 Å². The second-order valence-corrected chi connectivity index (χ2v) is 8.45. The summed E-state index contributed by atoms with van der Waals surface area (Å²) in [6.07, 6.45) is 1.08. The largest absolute Gasteiger partial charge is 0.460 e. The first kappa shape index (κ1) is 20.6. The third-order valence-corrected chi connectivity index (χ3v) is 6.10. The van der Waals surface area contributed by atoms with E-state index in [1.807, 2.05) is 18.2 Å². The molecule has 0 radical (unpaired) electrons. The number of esters is 1. The predicted octanol–water partition coefficient (Wildman–Crippen LogP) is 4.13. The fourth-order valence-corrected chi connectivity index (χ4v) is 4.32. The fourth-order valence-electron chi connectivity index (χ4n) is 4.32. The molecule has 1 fully saturated rings. The Morgan fingerprint density at radius 3 is 2.57 bits per heavy atom. The first-order chi connectivity index (χ1) is 13.3. The van der Waals surface area contributed by atoms with Crippen LogP contribution in [0.3, 0.4) is 0 Å². The maximum Gasteiger partial charge on any atom is 0.343 e. The highest BCUT2D eigenvalue weighted by molar-refractivity contribution is 5.75. The van der Waals surface area contributed by atoms with Gasteiger partial charge < -0.3 is 19.4 Å². The van der Waals surface area contributed by atoms with Crippen LogP contribution in [0.4, 0.5) is 0 Å². The van der Waals surface area contributed by atoms with Crippen molar-refractivity contribution in [3.63, 3.8) is 0 Å². The van der Waals surface area contributed by atoms with E-state index in [0.717, 1.165) is 19.3 Å². The zero-order valence-corrected chi connectivity index (χ0v) is 16.8. The highest BCUT2D eigenvalue weighted by Gasteiger charge is 2.42. The van der Waals surface area contributed by atoms with Gasteiger partial charge in [-0.25, -0.2) is 4.79 Å². The Bertz CT molecular complexity index is 779. The topological polar surface area (TPSA) is 79.9 Å². The van der Waals surface area contributed by atoms with Crippen LogP contribution in [-0.2, 0) is 21.6 Å². The lowest BCUT2D eigenvalue weighted by atomic mass is 9.64. The van der Waals surface area contributed by atoms with Crippen LogP contribution in [0.5, 0.6) is 0 Å². The lowest BCUT2D eigenvalue weighted by Crippen LogP contribution is -2.44. The molecular weight excluding hydrogens is 356 g/mol. The van der Waals surface area contributed by atoms with E-state index in [1.165, 1.54) is 17.7 Å². The third-order valence-electron chi connectivity index (χ3n) is 6.10. The van der Waals surface area contributed by atoms with Gasteiger partial charge in [0, 0.05) is 5.92 Å². The van der Waals surface area contributed by atoms with E-state index in [4.69, 9.17) is 14.3 Å². The van der Waals surface area contributed by atoms with Gasteiger partial charge in [-0.05, 0) is 41.9 Å². The van der Waals surface area contributed by atoms with Crippen molar-refractivity contribution < 1.29 is 24.2 Å². The molecule has 152 valence electrons. The van der Waals surface area contributed by atoms with Gasteiger partial charge in [-0.15, -0.1) is 0 Å². The van der Waals surface area contributed by atoms with Crippen LogP contribution in [0.2, 0.25) is 0 Å². The summed E-state index contributed by atoms with van der Waals surface area (Å²) in [6, 6.07) is 13.3. The Kier molecular flexibility index (Phi) is 6.26. The van der Waals surface area contributed by atoms with Crippen LogP contribution in [0.1, 0.15) is 63.2 Å². The minimum Gasteiger partial charge on any atom is -0.460 e. The van der Waals surface area contributed by atoms with Crippen LogP contribution in [-0.4, -0.2) is 22.3 Å². The molecule has 1 aliphatic carbocycles. The number of rotatable bonds is 6. The van der Waals surface area contributed by atoms with E-state index in [-0.39, 0.29) is 29.8 Å². The number of carbonyl (C=O) groups is 1. The van der Waals surface area contributed by atoms with E-state index >= 15 is 0 Å². The number of aliphatic hydroxyl groups excluding tert-OH is 2. The minimum atomic E-state index is -1.49. The van der Waals surface area contributed by atoms with Crippen molar-refractivity contribution in [1.29, 1.82) is 0 Å². The van der Waals surface area contributed by atoms with Gasteiger partial charge in [0.1, 0.15) is 24.2 Å². The Morgan fingerprint density at radius 1 is 1.21 bits per heavy atom. The molecule has 5 nitrogen and oxygen atoms in total. The van der Waals surface area contributed by atoms with Crippen molar-refractivity contribution in [2.45, 2.75) is 64.3 Å². The Labute approximate surface area is 166 Å². The van der Waals surface area contributed by atoms with Gasteiger partial charge in [0.25, 0.3) is 0 Å². The Balaban J connectivity index is 1.77. The molecule has 5 heteroatoms. The molecule has 1 aliphatic rings. The van der Waals surface area contributed by atoms with Gasteiger partial charge >= 0.3 is 5.97 Å². The van der Waals surface area contributed by atoms with Gasteiger partial charge in [-0.3, -0.25) is 0 Å². The van der Waals surface area contributed by atoms with Gasteiger partial charge in [0.2, 0.25) is 6.10 Å². The van der Waals surface area contributed by atoms with Crippen molar-refractivity contribution >= 4 is 5.97 Å². The van der Waals surface area contributed by atoms with E-state index in [0.29, 0.717) is 11.7 Å². The summed E-state index contributed by atoms with van der Waals surface area (Å²) >= 11 is 0. The molecular formula is C23H30O5. The molecule has 4 atom stereocenters. The van der Waals surface area contributed by atoms with Crippen LogP contribution >= 0.6 is 0 Å². The standard InChI is InChI=1S/C23H30O5/c1-15-9-11-18(23(2,3)16-7-5-4-6-8-16)20(13-15)28-22(26)21(25)19-12-10-17(14-24)27-19/h4-8,10,12,15,18,20-21,24-25H,9,11,13-14H2,1-3H3/t15-,18-,20-,21+/m1/s1. The molecule has 0 aliphatic heterocycles. The van der Waals surface area contributed by atoms with Gasteiger partial charge in [-0.2, -0.15) is 0 Å². The molecule has 0 bridgehead atoms. The molecule has 2 N–H and O–H groups in total. The maximum atomic E-state index is 12.6. The molecule has 0 unspecified atom stereocenters. The smallest absolute Gasteiger partial charge is 0.343 e. The highest BCUT2D eigenvalue weighted by atomic mass is 16.6. The van der Waals surface area contributed by atoms with Crippen LogP contribution in [0.15, 0.2) is 46.9 Å². The molecule has 1 heterocycles. The Hall–Kier alpha value is -2.11. The summed E-state index contributed by atoms with van der Waals surface area (Å²) < 4.78 is 11.1. The van der Waals surface area contributed by atoms with Crippen LogP contribution in [0.25, 0.3) is 0 Å². The van der Waals surface area contributed by atoms with Crippen molar-refractivity contribution in [2.24, 2.45) is 11.8 Å². The number of hydrogen-bond acceptors (Lipinski definition) is 5. The second kappa shape index (κ2) is 8.50. The first-order valence-electron chi connectivity index (χ1n) is 9.96. The second-order valence-electron chi connectivity index (χ2n) is 8.45. The minimum absolute atomic E-state index is 0.0942. The van der Waals surface area contributed by atoms with E-state index in [2.05, 4.69) is 32.9 Å². The lowest BCUT2D eigenvalue weighted by Gasteiger charge is -2.44. The molecule has 28 heavy (non-hydrogen) atoms. The predicted molar refractivity (Wildman–Crippen MR) is 105 cm³/mol. The molecule has 1 aromatic carbocycles. The maximum absolute atomic E-state index is 12.6. The van der Waals surface area contributed by atoms with E-state index in [1.54, 1.807) is 0 Å². The number of furan rings is 1. The van der Waals surface area contributed by atoms with Crippen LogP contribution < -0.4 is 0 Å². The van der Waals surface area contributed by atoms with E-state index < -0.39 is 12.1 Å². The molecule has 0 spiro atoms. The SMILES string of the molecule is C[C@@H]1CC[C@@H](C(C)(C)c2ccccc2)[C@H](OC(=O)[C@@H](O)c2ccc(CO)o2)C1. The molecule has 1 saturated carbocycles. The van der Waals surface area contributed by atoms with Crippen molar-refractivity contribution in [1.82, 2.24) is 0 Å². The van der Waals surface area contributed by atoms with E-state index in [9.17, 15) is 9.90 Å². The molecule has 0 saturated heterocycles. The Morgan fingerprint density at radius 2 is 1.93 bits per heavy atom. The summed E-state index contributed by atoms with van der Waals surface area (Å²) in [5, 5.41) is 19.5.